The summed E-state index contributed by atoms with van der Waals surface area (Å²) in [6, 6.07) is 9.87. The zero-order valence-corrected chi connectivity index (χ0v) is 19.1. The van der Waals surface area contributed by atoms with Crippen LogP contribution in [0.2, 0.25) is 0 Å². The van der Waals surface area contributed by atoms with Crippen LogP contribution in [0.25, 0.3) is 0 Å². The van der Waals surface area contributed by atoms with Gasteiger partial charge in [-0.25, -0.2) is 0 Å². The summed E-state index contributed by atoms with van der Waals surface area (Å²) in [5.41, 5.74) is 3.11. The van der Waals surface area contributed by atoms with Gasteiger partial charge in [0.2, 0.25) is 5.75 Å². The number of para-hydroxylation sites is 1. The van der Waals surface area contributed by atoms with Gasteiger partial charge in [-0.15, -0.1) is 0 Å². The molecule has 2 aromatic rings. The summed E-state index contributed by atoms with van der Waals surface area (Å²) in [4.78, 5) is 16.8. The third kappa shape index (κ3) is 5.22. The van der Waals surface area contributed by atoms with E-state index in [2.05, 4.69) is 4.90 Å². The van der Waals surface area contributed by atoms with Crippen LogP contribution >= 0.6 is 0 Å². The number of ether oxygens (including phenoxy) is 4. The zero-order chi connectivity index (χ0) is 22.4. The Morgan fingerprint density at radius 3 is 2.06 bits per heavy atom. The fourth-order valence-electron chi connectivity index (χ4n) is 3.94. The number of methoxy groups -OCH3 is 3. The molecule has 0 aliphatic carbocycles. The van der Waals surface area contributed by atoms with E-state index in [4.69, 9.17) is 18.9 Å². The predicted molar refractivity (Wildman–Crippen MR) is 119 cm³/mol. The molecule has 1 saturated heterocycles. The second kappa shape index (κ2) is 10.4. The summed E-state index contributed by atoms with van der Waals surface area (Å²) < 4.78 is 22.3. The van der Waals surface area contributed by atoms with Crippen molar-refractivity contribution in [3.05, 3.63) is 47.0 Å². The Balaban J connectivity index is 1.56. The van der Waals surface area contributed by atoms with E-state index in [9.17, 15) is 4.79 Å². The molecule has 0 unspecified atom stereocenters. The second-order valence-electron chi connectivity index (χ2n) is 7.66. The number of rotatable bonds is 8. The molecule has 0 radical (unpaired) electrons. The number of benzene rings is 2. The summed E-state index contributed by atoms with van der Waals surface area (Å²) in [6.07, 6.45) is 0. The quantitative estimate of drug-likeness (QED) is 0.644. The molecule has 1 amide bonds. The Kier molecular flexibility index (Phi) is 7.63. The number of carbonyl (C=O) groups is 1. The molecule has 3 rings (SSSR count). The largest absolute Gasteiger partial charge is 0.493 e. The highest BCUT2D eigenvalue weighted by Crippen LogP contribution is 2.40. The smallest absolute Gasteiger partial charge is 0.260 e. The Hall–Kier alpha value is -2.93. The van der Waals surface area contributed by atoms with Gasteiger partial charge < -0.3 is 23.8 Å². The fourth-order valence-corrected chi connectivity index (χ4v) is 3.94. The Bertz CT molecular complexity index is 887. The maximum atomic E-state index is 12.6. The van der Waals surface area contributed by atoms with E-state index in [-0.39, 0.29) is 12.5 Å². The third-order valence-electron chi connectivity index (χ3n) is 5.65. The van der Waals surface area contributed by atoms with Gasteiger partial charge in [0.05, 0.1) is 21.3 Å². The topological polar surface area (TPSA) is 60.5 Å². The highest BCUT2D eigenvalue weighted by molar-refractivity contribution is 5.78. The number of nitrogens with zero attached hydrogens (tertiary/aromatic N) is 2. The molecule has 0 atom stereocenters. The Morgan fingerprint density at radius 1 is 0.839 bits per heavy atom. The minimum atomic E-state index is 0.0194. The van der Waals surface area contributed by atoms with Crippen molar-refractivity contribution in [2.45, 2.75) is 20.4 Å². The Labute approximate surface area is 184 Å². The molecule has 31 heavy (non-hydrogen) atoms. The number of aryl methyl sites for hydroxylation is 2. The molecule has 0 N–H and O–H groups in total. The molecule has 0 saturated carbocycles. The van der Waals surface area contributed by atoms with Crippen molar-refractivity contribution in [3.63, 3.8) is 0 Å². The van der Waals surface area contributed by atoms with Crippen molar-refractivity contribution in [2.24, 2.45) is 0 Å². The summed E-state index contributed by atoms with van der Waals surface area (Å²) in [7, 11) is 4.85. The highest BCUT2D eigenvalue weighted by atomic mass is 16.5. The fraction of sp³-hybridized carbons (Fsp3) is 0.458. The van der Waals surface area contributed by atoms with Crippen LogP contribution in [0, 0.1) is 13.8 Å². The van der Waals surface area contributed by atoms with Gasteiger partial charge in [0.15, 0.2) is 18.1 Å². The molecule has 168 valence electrons. The van der Waals surface area contributed by atoms with E-state index in [0.29, 0.717) is 36.9 Å². The van der Waals surface area contributed by atoms with Gasteiger partial charge >= 0.3 is 0 Å². The average molecular weight is 429 g/mol. The van der Waals surface area contributed by atoms with E-state index < -0.39 is 0 Å². The van der Waals surface area contributed by atoms with Gasteiger partial charge in [-0.2, -0.15) is 0 Å². The van der Waals surface area contributed by atoms with Crippen LogP contribution in [0.3, 0.4) is 0 Å². The second-order valence-corrected chi connectivity index (χ2v) is 7.66. The highest BCUT2D eigenvalue weighted by Gasteiger charge is 2.24. The van der Waals surface area contributed by atoms with Gasteiger partial charge in [-0.1, -0.05) is 24.3 Å². The molecule has 0 bridgehead atoms. The first kappa shape index (κ1) is 22.7. The maximum absolute atomic E-state index is 12.6. The van der Waals surface area contributed by atoms with Crippen molar-refractivity contribution in [1.29, 1.82) is 0 Å². The standard InChI is InChI=1S/C24H32N2O5/c1-17-7-6-8-18(2)22(17)31-16-21(27)26-13-11-25(12-14-26)15-19-9-10-20(28-3)24(30-5)23(19)29-4/h6-10H,11-16H2,1-5H3. The normalized spacial score (nSPS) is 14.3. The number of carbonyl (C=O) groups excluding carboxylic acids is 1. The van der Waals surface area contributed by atoms with Crippen LogP contribution in [-0.2, 0) is 11.3 Å². The molecule has 0 spiro atoms. The molecule has 2 aromatic carbocycles. The zero-order valence-electron chi connectivity index (χ0n) is 19.1. The van der Waals surface area contributed by atoms with Crippen LogP contribution < -0.4 is 18.9 Å². The van der Waals surface area contributed by atoms with E-state index in [1.165, 1.54) is 0 Å². The molecule has 7 heteroatoms. The van der Waals surface area contributed by atoms with Crippen molar-refractivity contribution in [1.82, 2.24) is 9.80 Å². The van der Waals surface area contributed by atoms with Crippen LogP contribution in [0.15, 0.2) is 30.3 Å². The first-order valence-corrected chi connectivity index (χ1v) is 10.5. The lowest BCUT2D eigenvalue weighted by Gasteiger charge is -2.35. The number of hydrogen-bond acceptors (Lipinski definition) is 6. The molecule has 1 fully saturated rings. The van der Waals surface area contributed by atoms with Gasteiger partial charge in [-0.05, 0) is 31.0 Å². The molecule has 1 aliphatic rings. The van der Waals surface area contributed by atoms with Crippen LogP contribution in [0.1, 0.15) is 16.7 Å². The van der Waals surface area contributed by atoms with Crippen molar-refractivity contribution >= 4 is 5.91 Å². The van der Waals surface area contributed by atoms with Crippen LogP contribution in [0.4, 0.5) is 0 Å². The summed E-state index contributed by atoms with van der Waals surface area (Å²) in [6.45, 7) is 7.68. The number of piperazine rings is 1. The molecule has 1 aliphatic heterocycles. The minimum absolute atomic E-state index is 0.0194. The number of hydrogen-bond donors (Lipinski definition) is 0. The molecule has 1 heterocycles. The minimum Gasteiger partial charge on any atom is -0.493 e. The summed E-state index contributed by atoms with van der Waals surface area (Å²) in [5, 5.41) is 0. The maximum Gasteiger partial charge on any atom is 0.260 e. The molecular formula is C24H32N2O5. The van der Waals surface area contributed by atoms with E-state index in [0.717, 1.165) is 35.5 Å². The molecular weight excluding hydrogens is 396 g/mol. The first-order chi connectivity index (χ1) is 15.0. The van der Waals surface area contributed by atoms with Crippen molar-refractivity contribution < 1.29 is 23.7 Å². The summed E-state index contributed by atoms with van der Waals surface area (Å²) in [5.74, 6) is 2.74. The van der Waals surface area contributed by atoms with E-state index >= 15 is 0 Å². The van der Waals surface area contributed by atoms with Crippen LogP contribution in [0.5, 0.6) is 23.0 Å². The predicted octanol–water partition coefficient (Wildman–Crippen LogP) is 3.05. The summed E-state index contributed by atoms with van der Waals surface area (Å²) >= 11 is 0. The lowest BCUT2D eigenvalue weighted by molar-refractivity contribution is -0.135. The van der Waals surface area contributed by atoms with Crippen molar-refractivity contribution in [3.8, 4) is 23.0 Å². The Morgan fingerprint density at radius 2 is 1.48 bits per heavy atom. The third-order valence-corrected chi connectivity index (χ3v) is 5.65. The lowest BCUT2D eigenvalue weighted by atomic mass is 10.1. The SMILES string of the molecule is COc1ccc(CN2CCN(C(=O)COc3c(C)cccc3C)CC2)c(OC)c1OC. The van der Waals surface area contributed by atoms with Gasteiger partial charge in [0.1, 0.15) is 5.75 Å². The van der Waals surface area contributed by atoms with Gasteiger partial charge in [-0.3, -0.25) is 9.69 Å². The van der Waals surface area contributed by atoms with Gasteiger partial charge in [0.25, 0.3) is 5.91 Å². The number of amides is 1. The van der Waals surface area contributed by atoms with Crippen molar-refractivity contribution in [2.75, 3.05) is 54.1 Å². The van der Waals surface area contributed by atoms with E-state index in [1.54, 1.807) is 21.3 Å². The first-order valence-electron chi connectivity index (χ1n) is 10.5. The van der Waals surface area contributed by atoms with Crippen LogP contribution in [-0.4, -0.2) is 69.8 Å². The molecule has 0 aromatic heterocycles. The average Bonchev–Trinajstić information content (AvgIpc) is 2.78. The lowest BCUT2D eigenvalue weighted by Crippen LogP contribution is -2.49. The van der Waals surface area contributed by atoms with Gasteiger partial charge in [0, 0.05) is 38.3 Å². The molecule has 7 nitrogen and oxygen atoms in total. The van der Waals surface area contributed by atoms with E-state index in [1.807, 2.05) is 49.1 Å². The monoisotopic (exact) mass is 428 g/mol.